The van der Waals surface area contributed by atoms with Crippen molar-refractivity contribution in [1.82, 2.24) is 9.21 Å². The molecule has 4 unspecified atom stereocenters. The Morgan fingerprint density at radius 3 is 2.37 bits per heavy atom. The summed E-state index contributed by atoms with van der Waals surface area (Å²) in [4.78, 5) is 28.9. The topological polar surface area (TPSA) is 101 Å². The highest BCUT2D eigenvalue weighted by Gasteiger charge is 2.53. The number of fused-ring (bicyclic) bond motifs is 1. The van der Waals surface area contributed by atoms with Crippen LogP contribution in [0, 0.1) is 5.41 Å². The lowest BCUT2D eigenvalue weighted by Crippen LogP contribution is -2.58. The summed E-state index contributed by atoms with van der Waals surface area (Å²) in [6, 6.07) is 21.2. The van der Waals surface area contributed by atoms with Crippen LogP contribution in [-0.2, 0) is 16.1 Å². The normalized spacial score (nSPS) is 25.5. The summed E-state index contributed by atoms with van der Waals surface area (Å²) in [5.74, 6) is -1.59. The number of halogens is 2. The first-order chi connectivity index (χ1) is 19.4. The lowest BCUT2D eigenvalue weighted by molar-refractivity contribution is -0.160. The van der Waals surface area contributed by atoms with Crippen LogP contribution in [0.3, 0.4) is 0 Å². The monoisotopic (exact) mass is 616 g/mol. The Balaban J connectivity index is 1.63. The summed E-state index contributed by atoms with van der Waals surface area (Å²) < 4.78 is 24.2. The van der Waals surface area contributed by atoms with Gasteiger partial charge in [0.1, 0.15) is 0 Å². The molecule has 3 aromatic carbocycles. The van der Waals surface area contributed by atoms with Gasteiger partial charge >= 0.3 is 5.97 Å². The highest BCUT2D eigenvalue weighted by atomic mass is 35.5. The van der Waals surface area contributed by atoms with Gasteiger partial charge in [0.25, 0.3) is 0 Å². The van der Waals surface area contributed by atoms with Crippen molar-refractivity contribution in [3.8, 4) is 0 Å². The van der Waals surface area contributed by atoms with Gasteiger partial charge in [0, 0.05) is 35.1 Å². The second kappa shape index (κ2) is 11.6. The van der Waals surface area contributed by atoms with E-state index in [9.17, 15) is 23.8 Å². The van der Waals surface area contributed by atoms with Gasteiger partial charge < -0.3 is 10.0 Å². The Bertz CT molecular complexity index is 1450. The van der Waals surface area contributed by atoms with Crippen LogP contribution in [-0.4, -0.2) is 47.9 Å². The van der Waals surface area contributed by atoms with Crippen LogP contribution in [0.2, 0.25) is 10.0 Å². The Hall–Kier alpha value is -2.59. The number of carboxylic acid groups (broad SMARTS) is 1. The van der Waals surface area contributed by atoms with Crippen molar-refractivity contribution in [2.45, 2.75) is 62.6 Å². The van der Waals surface area contributed by atoms with Crippen molar-refractivity contribution >= 4 is 45.9 Å². The summed E-state index contributed by atoms with van der Waals surface area (Å²) in [6.07, 6.45) is 0.500. The Morgan fingerprint density at radius 1 is 1.02 bits per heavy atom. The zero-order chi connectivity index (χ0) is 29.5. The molecule has 0 aliphatic carbocycles. The molecule has 0 bridgehead atoms. The third-order valence-corrected chi connectivity index (χ3v) is 10.9. The molecule has 4 atom stereocenters. The van der Waals surface area contributed by atoms with Crippen molar-refractivity contribution < 1.29 is 23.8 Å². The molecular formula is C31H34Cl2N2O5S. The van der Waals surface area contributed by atoms with Crippen molar-refractivity contribution in [3.05, 3.63) is 99.5 Å². The van der Waals surface area contributed by atoms with Gasteiger partial charge in [-0.1, -0.05) is 79.5 Å². The standard InChI is InChI=1S/C31H34Cl2N2O5S/c1-3-25(19-34-18-22-7-4-5-10-27(22)41(34,39)40)35-29(20-11-13-23(32)14-12-20)26(21-8-6-9-24(33)15-21)16-31(2,30(35)38)17-28(36)37/h4-15,25-26,29,39-40H,3,16-19H2,1-2H3,(H,36,37). The fourth-order valence-electron chi connectivity index (χ4n) is 6.42. The van der Waals surface area contributed by atoms with Crippen molar-refractivity contribution in [1.29, 1.82) is 0 Å². The number of likely N-dealkylation sites (tertiary alicyclic amines) is 1. The minimum Gasteiger partial charge on any atom is -0.481 e. The lowest BCUT2D eigenvalue weighted by Gasteiger charge is -2.53. The van der Waals surface area contributed by atoms with Gasteiger partial charge in [0.05, 0.1) is 22.8 Å². The van der Waals surface area contributed by atoms with E-state index in [0.717, 1.165) is 16.7 Å². The number of aliphatic carboxylic acids is 1. The molecule has 3 N–H and O–H groups in total. The Morgan fingerprint density at radius 2 is 1.73 bits per heavy atom. The predicted molar refractivity (Wildman–Crippen MR) is 162 cm³/mol. The van der Waals surface area contributed by atoms with E-state index in [1.807, 2.05) is 49.4 Å². The highest BCUT2D eigenvalue weighted by molar-refractivity contribution is 8.22. The van der Waals surface area contributed by atoms with Gasteiger partial charge in [-0.05, 0) is 59.9 Å². The number of benzene rings is 3. The molecule has 2 heterocycles. The molecule has 0 saturated carbocycles. The summed E-state index contributed by atoms with van der Waals surface area (Å²) in [5, 5.41) is 11.0. The zero-order valence-corrected chi connectivity index (χ0v) is 25.2. The lowest BCUT2D eigenvalue weighted by atomic mass is 9.67. The molecule has 5 rings (SSSR count). The molecular weight excluding hydrogens is 583 g/mol. The molecule has 7 nitrogen and oxygen atoms in total. The number of amides is 1. The van der Waals surface area contributed by atoms with E-state index in [0.29, 0.717) is 34.3 Å². The third-order valence-electron chi connectivity index (χ3n) is 8.39. The van der Waals surface area contributed by atoms with Crippen LogP contribution in [0.15, 0.2) is 77.7 Å². The first kappa shape index (κ1) is 29.9. The summed E-state index contributed by atoms with van der Waals surface area (Å²) in [7, 11) is -3.25. The molecule has 0 radical (unpaired) electrons. The first-order valence-electron chi connectivity index (χ1n) is 13.6. The zero-order valence-electron chi connectivity index (χ0n) is 22.9. The number of hydrogen-bond donors (Lipinski definition) is 3. The third kappa shape index (κ3) is 5.74. The maximum atomic E-state index is 14.5. The van der Waals surface area contributed by atoms with Gasteiger partial charge in [-0.15, -0.1) is 10.8 Å². The van der Waals surface area contributed by atoms with E-state index in [2.05, 4.69) is 0 Å². The smallest absolute Gasteiger partial charge is 0.304 e. The maximum Gasteiger partial charge on any atom is 0.304 e. The van der Waals surface area contributed by atoms with Crippen LogP contribution < -0.4 is 0 Å². The average molecular weight is 618 g/mol. The van der Waals surface area contributed by atoms with Crippen molar-refractivity contribution in [2.24, 2.45) is 5.41 Å². The van der Waals surface area contributed by atoms with Crippen LogP contribution >= 0.6 is 34.0 Å². The van der Waals surface area contributed by atoms with Crippen LogP contribution in [0.1, 0.15) is 61.8 Å². The molecule has 1 saturated heterocycles. The second-order valence-corrected chi connectivity index (χ2v) is 14.1. The minimum atomic E-state index is -3.25. The largest absolute Gasteiger partial charge is 0.481 e. The predicted octanol–water partition coefficient (Wildman–Crippen LogP) is 7.85. The summed E-state index contributed by atoms with van der Waals surface area (Å²) >= 11 is 12.7. The average Bonchev–Trinajstić information content (AvgIpc) is 3.18. The number of carboxylic acids is 1. The van der Waals surface area contributed by atoms with Crippen LogP contribution in [0.5, 0.6) is 0 Å². The molecule has 2 aliphatic rings. The van der Waals surface area contributed by atoms with Crippen LogP contribution in [0.25, 0.3) is 0 Å². The number of hydrogen-bond acceptors (Lipinski definition) is 5. The number of carbonyl (C=O) groups is 2. The van der Waals surface area contributed by atoms with E-state index in [4.69, 9.17) is 23.2 Å². The van der Waals surface area contributed by atoms with Gasteiger partial charge in [-0.3, -0.25) is 18.7 Å². The number of carbonyl (C=O) groups excluding carboxylic acids is 1. The molecule has 41 heavy (non-hydrogen) atoms. The molecule has 1 fully saturated rings. The molecule has 2 aliphatic heterocycles. The summed E-state index contributed by atoms with van der Waals surface area (Å²) in [5.41, 5.74) is 1.42. The SMILES string of the molecule is CCC(CN1Cc2ccccc2S1(O)O)N1C(=O)C(C)(CC(=O)O)CC(c2cccc(Cl)c2)C1c1ccc(Cl)cc1. The fourth-order valence-corrected chi connectivity index (χ4v) is 8.47. The molecule has 10 heteroatoms. The molecule has 3 aromatic rings. The van der Waals surface area contributed by atoms with Gasteiger partial charge in [0.15, 0.2) is 0 Å². The van der Waals surface area contributed by atoms with E-state index in [1.165, 1.54) is 0 Å². The van der Waals surface area contributed by atoms with E-state index in [-0.39, 0.29) is 24.8 Å². The number of nitrogens with zero attached hydrogens (tertiary/aromatic N) is 2. The van der Waals surface area contributed by atoms with E-state index >= 15 is 0 Å². The summed E-state index contributed by atoms with van der Waals surface area (Å²) in [6.45, 7) is 4.23. The van der Waals surface area contributed by atoms with E-state index < -0.39 is 34.2 Å². The molecule has 0 aromatic heterocycles. The van der Waals surface area contributed by atoms with Crippen molar-refractivity contribution in [2.75, 3.05) is 6.54 Å². The minimum absolute atomic E-state index is 0.203. The highest BCUT2D eigenvalue weighted by Crippen LogP contribution is 2.59. The number of piperidine rings is 1. The van der Waals surface area contributed by atoms with E-state index in [1.54, 1.807) is 46.5 Å². The first-order valence-corrected chi connectivity index (χ1v) is 15.9. The van der Waals surface area contributed by atoms with Crippen molar-refractivity contribution in [3.63, 3.8) is 0 Å². The van der Waals surface area contributed by atoms with Gasteiger partial charge in [-0.2, -0.15) is 4.31 Å². The molecule has 1 amide bonds. The molecule has 0 spiro atoms. The Labute approximate surface area is 252 Å². The van der Waals surface area contributed by atoms with Gasteiger partial charge in [-0.25, -0.2) is 0 Å². The second-order valence-electron chi connectivity index (χ2n) is 11.2. The quantitative estimate of drug-likeness (QED) is 0.238. The molecule has 218 valence electrons. The number of rotatable bonds is 8. The maximum absolute atomic E-state index is 14.5. The fraction of sp³-hybridized carbons (Fsp3) is 0.355. The van der Waals surface area contributed by atoms with Gasteiger partial charge in [0.2, 0.25) is 5.91 Å². The Kier molecular flexibility index (Phi) is 8.45. The van der Waals surface area contributed by atoms with Crippen LogP contribution in [0.4, 0.5) is 0 Å².